The van der Waals surface area contributed by atoms with E-state index in [1.54, 1.807) is 0 Å². The van der Waals surface area contributed by atoms with Gasteiger partial charge in [0.15, 0.2) is 0 Å². The summed E-state index contributed by atoms with van der Waals surface area (Å²) in [4.78, 5) is 4.38. The minimum atomic E-state index is 0.308. The molecule has 0 saturated heterocycles. The Labute approximate surface area is 260 Å². The highest BCUT2D eigenvalue weighted by atomic mass is 16.2. The lowest BCUT2D eigenvalue weighted by atomic mass is 10.1. The van der Waals surface area contributed by atoms with Crippen LogP contribution < -0.4 is 0 Å². The molecular weight excluding hydrogens is 500 g/mol. The minimum absolute atomic E-state index is 0.308. The third-order valence-electron chi connectivity index (χ3n) is 5.31. The molecule has 0 atom stereocenters. The molecule has 0 aromatic heterocycles. The molecule has 244 valence electrons. The molecule has 0 aliphatic rings. The van der Waals surface area contributed by atoms with Gasteiger partial charge in [0.2, 0.25) is 0 Å². The molecule has 0 bridgehead atoms. The van der Waals surface area contributed by atoms with Crippen LogP contribution in [0, 0.1) is 23.7 Å². The fourth-order valence-electron chi connectivity index (χ4n) is 2.90. The highest BCUT2D eigenvalue weighted by Gasteiger charge is 1.89. The summed E-state index contributed by atoms with van der Waals surface area (Å²) < 4.78 is 0. The molecule has 0 rings (SSSR count). The second-order valence-corrected chi connectivity index (χ2v) is 12.8. The molecule has 0 unspecified atom stereocenters. The van der Waals surface area contributed by atoms with E-state index < -0.39 is 0 Å². The first-order chi connectivity index (χ1) is 19.2. The SMILES string of the molecule is CC(/C=C/C(C)C)=C\CN(C)C.CC(C)/C=C/CCCN(C)C.CC(C)/C=C/CCCO.CCCC/C=C/C(C)C. The van der Waals surface area contributed by atoms with Crippen LogP contribution in [0.25, 0.3) is 0 Å². The van der Waals surface area contributed by atoms with Crippen molar-refractivity contribution in [2.75, 3.05) is 47.9 Å². The van der Waals surface area contributed by atoms with Gasteiger partial charge in [-0.25, -0.2) is 0 Å². The van der Waals surface area contributed by atoms with Crippen LogP contribution in [-0.4, -0.2) is 62.8 Å². The molecule has 1 N–H and O–H groups in total. The fourth-order valence-corrected chi connectivity index (χ4v) is 2.90. The molecule has 41 heavy (non-hydrogen) atoms. The average Bonchev–Trinajstić information content (AvgIpc) is 2.87. The molecule has 0 radical (unpaired) electrons. The number of aliphatic hydroxyl groups is 1. The lowest BCUT2D eigenvalue weighted by molar-refractivity contribution is 0.289. The first-order valence-corrected chi connectivity index (χ1v) is 16.4. The van der Waals surface area contributed by atoms with Crippen LogP contribution in [0.1, 0.15) is 114 Å². The van der Waals surface area contributed by atoms with Crippen LogP contribution >= 0.6 is 0 Å². The zero-order valence-corrected chi connectivity index (χ0v) is 30.4. The van der Waals surface area contributed by atoms with Gasteiger partial charge < -0.3 is 14.9 Å². The van der Waals surface area contributed by atoms with Gasteiger partial charge in [0, 0.05) is 13.2 Å². The maximum atomic E-state index is 8.40. The number of rotatable bonds is 17. The third kappa shape index (κ3) is 63.2. The van der Waals surface area contributed by atoms with Crippen molar-refractivity contribution in [1.82, 2.24) is 9.80 Å². The Morgan fingerprint density at radius 1 is 0.610 bits per heavy atom. The largest absolute Gasteiger partial charge is 0.396 e. The molecule has 0 aliphatic heterocycles. The van der Waals surface area contributed by atoms with E-state index in [0.29, 0.717) is 24.4 Å². The molecule has 0 amide bonds. The standard InChI is InChI=1S/C11H21N.C10H21N.C9H18.C8H16O/c1-10(2)6-7-11(3)8-9-12(4)5;1-10(2)8-6-5-7-9-11(3)4;1-4-5-6-7-8-9(2)3;1-8(2)6-4-3-5-7-9/h6-8,10H,9H2,1-5H3;6,8,10H,5,7,9H2,1-4H3;7-9H,4-6H2,1-3H3;4,6,8-9H,3,5,7H2,1-2H3/b7-6+,11-8+;8-6+;8-7+;6-4+. The van der Waals surface area contributed by atoms with Crippen molar-refractivity contribution in [2.45, 2.75) is 114 Å². The maximum absolute atomic E-state index is 8.40. The van der Waals surface area contributed by atoms with Crippen LogP contribution in [-0.2, 0) is 0 Å². The summed E-state index contributed by atoms with van der Waals surface area (Å²) in [5.41, 5.74) is 1.34. The summed E-state index contributed by atoms with van der Waals surface area (Å²) in [5, 5.41) is 8.40. The number of hydrogen-bond donors (Lipinski definition) is 1. The summed E-state index contributed by atoms with van der Waals surface area (Å²) >= 11 is 0. The van der Waals surface area contributed by atoms with E-state index in [1.807, 2.05) is 0 Å². The highest BCUT2D eigenvalue weighted by molar-refractivity contribution is 5.16. The second-order valence-electron chi connectivity index (χ2n) is 12.8. The fraction of sp³-hybridized carbons (Fsp3) is 0.737. The van der Waals surface area contributed by atoms with E-state index in [0.717, 1.165) is 25.3 Å². The molecule has 0 fully saturated rings. The van der Waals surface area contributed by atoms with Crippen molar-refractivity contribution >= 4 is 0 Å². The molecule has 0 spiro atoms. The molecule has 0 aromatic carbocycles. The summed E-state index contributed by atoms with van der Waals surface area (Å²) in [6.45, 7) is 24.4. The van der Waals surface area contributed by atoms with Crippen molar-refractivity contribution in [3.63, 3.8) is 0 Å². The van der Waals surface area contributed by atoms with Crippen LogP contribution in [0.15, 0.2) is 60.3 Å². The van der Waals surface area contributed by atoms with Gasteiger partial charge in [-0.2, -0.15) is 0 Å². The van der Waals surface area contributed by atoms with Gasteiger partial charge in [0.05, 0.1) is 0 Å². The summed E-state index contributed by atoms with van der Waals surface area (Å²) in [6.07, 6.45) is 28.4. The predicted octanol–water partition coefficient (Wildman–Crippen LogP) is 10.6. The Bertz CT molecular complexity index is 613. The highest BCUT2D eigenvalue weighted by Crippen LogP contribution is 2.01. The van der Waals surface area contributed by atoms with Crippen molar-refractivity contribution in [3.05, 3.63) is 60.3 Å². The van der Waals surface area contributed by atoms with Gasteiger partial charge in [-0.15, -0.1) is 0 Å². The zero-order valence-electron chi connectivity index (χ0n) is 30.4. The second kappa shape index (κ2) is 36.6. The molecule has 0 aliphatic carbocycles. The maximum Gasteiger partial charge on any atom is 0.0433 e. The van der Waals surface area contributed by atoms with E-state index >= 15 is 0 Å². The normalized spacial score (nSPS) is 12.4. The number of aliphatic hydroxyl groups excluding tert-OH is 1. The van der Waals surface area contributed by atoms with Crippen LogP contribution in [0.3, 0.4) is 0 Å². The van der Waals surface area contributed by atoms with Crippen LogP contribution in [0.5, 0.6) is 0 Å². The third-order valence-corrected chi connectivity index (χ3v) is 5.31. The van der Waals surface area contributed by atoms with Gasteiger partial charge in [0.1, 0.15) is 0 Å². The average molecular weight is 577 g/mol. The van der Waals surface area contributed by atoms with Gasteiger partial charge in [-0.3, -0.25) is 0 Å². The summed E-state index contributed by atoms with van der Waals surface area (Å²) in [5.74, 6) is 2.72. The van der Waals surface area contributed by atoms with Gasteiger partial charge in [0.25, 0.3) is 0 Å². The smallest absolute Gasteiger partial charge is 0.0433 e. The Kier molecular flexibility index (Phi) is 41.5. The quantitative estimate of drug-likeness (QED) is 0.106. The van der Waals surface area contributed by atoms with E-state index in [9.17, 15) is 0 Å². The minimum Gasteiger partial charge on any atom is -0.396 e. The number of hydrogen-bond acceptors (Lipinski definition) is 3. The summed E-state index contributed by atoms with van der Waals surface area (Å²) in [7, 11) is 8.39. The van der Waals surface area contributed by atoms with Gasteiger partial charge >= 0.3 is 0 Å². The first kappa shape index (κ1) is 46.5. The lowest BCUT2D eigenvalue weighted by Crippen LogP contribution is -2.12. The van der Waals surface area contributed by atoms with Crippen LogP contribution in [0.4, 0.5) is 0 Å². The number of allylic oxidation sites excluding steroid dienone is 9. The molecule has 0 saturated carbocycles. The Hall–Kier alpha value is -1.42. The Balaban J connectivity index is -0.000000224. The first-order valence-electron chi connectivity index (χ1n) is 16.4. The number of nitrogens with zero attached hydrogens (tertiary/aromatic N) is 2. The molecule has 0 aromatic rings. The molecule has 3 nitrogen and oxygen atoms in total. The van der Waals surface area contributed by atoms with E-state index in [2.05, 4.69) is 162 Å². The van der Waals surface area contributed by atoms with Crippen molar-refractivity contribution in [2.24, 2.45) is 23.7 Å². The van der Waals surface area contributed by atoms with Gasteiger partial charge in [-0.1, -0.05) is 135 Å². The van der Waals surface area contributed by atoms with Gasteiger partial charge in [-0.05, 0) is 97.4 Å². The number of likely N-dealkylation sites (N-methyl/N-ethyl adjacent to an activating group) is 1. The molecule has 3 heteroatoms. The molecule has 0 heterocycles. The Morgan fingerprint density at radius 3 is 1.37 bits per heavy atom. The number of unbranched alkanes of at least 4 members (excludes halogenated alkanes) is 4. The molecular formula is C38H76N2O. The van der Waals surface area contributed by atoms with Crippen molar-refractivity contribution < 1.29 is 5.11 Å². The van der Waals surface area contributed by atoms with E-state index in [1.165, 1.54) is 44.2 Å². The Morgan fingerprint density at radius 2 is 1.02 bits per heavy atom. The van der Waals surface area contributed by atoms with E-state index in [4.69, 9.17) is 5.11 Å². The van der Waals surface area contributed by atoms with Crippen LogP contribution in [0.2, 0.25) is 0 Å². The monoisotopic (exact) mass is 577 g/mol. The topological polar surface area (TPSA) is 26.7 Å². The van der Waals surface area contributed by atoms with E-state index in [-0.39, 0.29) is 0 Å². The lowest BCUT2D eigenvalue weighted by Gasteiger charge is -2.06. The predicted molar refractivity (Wildman–Crippen MR) is 192 cm³/mol. The van der Waals surface area contributed by atoms with Crippen molar-refractivity contribution in [3.8, 4) is 0 Å². The summed E-state index contributed by atoms with van der Waals surface area (Å²) in [6, 6.07) is 0. The van der Waals surface area contributed by atoms with Crippen molar-refractivity contribution in [1.29, 1.82) is 0 Å². The zero-order chi connectivity index (χ0) is 32.5.